The van der Waals surface area contributed by atoms with Crippen molar-refractivity contribution in [2.75, 3.05) is 0 Å². The molecule has 0 aliphatic heterocycles. The second-order valence-electron chi connectivity index (χ2n) is 6.05. The molecule has 6 heteroatoms. The zero-order valence-corrected chi connectivity index (χ0v) is 13.5. The molecular weight excluding hydrogens is 284 g/mol. The molecule has 1 heterocycles. The van der Waals surface area contributed by atoms with Crippen molar-refractivity contribution in [1.82, 2.24) is 10.6 Å². The van der Waals surface area contributed by atoms with Crippen molar-refractivity contribution in [1.29, 1.82) is 0 Å². The number of carbonyl (C=O) groups excluding carboxylic acids is 3. The van der Waals surface area contributed by atoms with Gasteiger partial charge >= 0.3 is 0 Å². The minimum atomic E-state index is -0.709. The highest BCUT2D eigenvalue weighted by atomic mass is 16.3. The fourth-order valence-electron chi connectivity index (χ4n) is 1.96. The molecule has 0 aliphatic rings. The van der Waals surface area contributed by atoms with Gasteiger partial charge in [0.2, 0.25) is 5.91 Å². The van der Waals surface area contributed by atoms with Gasteiger partial charge in [-0.15, -0.1) is 0 Å². The largest absolute Gasteiger partial charge is 0.459 e. The molecule has 122 valence electrons. The first-order valence-corrected chi connectivity index (χ1v) is 7.45. The van der Waals surface area contributed by atoms with Crippen LogP contribution in [0.5, 0.6) is 0 Å². The Morgan fingerprint density at radius 2 is 1.91 bits per heavy atom. The molecule has 22 heavy (non-hydrogen) atoms. The molecule has 0 bridgehead atoms. The van der Waals surface area contributed by atoms with E-state index in [1.54, 1.807) is 6.07 Å². The van der Waals surface area contributed by atoms with Crippen LogP contribution in [0, 0.1) is 11.8 Å². The van der Waals surface area contributed by atoms with Crippen molar-refractivity contribution >= 4 is 18.1 Å². The van der Waals surface area contributed by atoms with Crippen LogP contribution >= 0.6 is 0 Å². The van der Waals surface area contributed by atoms with Crippen molar-refractivity contribution in [3.8, 4) is 0 Å². The fourth-order valence-corrected chi connectivity index (χ4v) is 1.96. The molecule has 2 N–H and O–H groups in total. The maximum Gasteiger partial charge on any atom is 0.287 e. The third kappa shape index (κ3) is 5.35. The highest BCUT2D eigenvalue weighted by Gasteiger charge is 2.26. The molecule has 0 saturated heterocycles. The number of nitrogens with one attached hydrogen (secondary N) is 2. The van der Waals surface area contributed by atoms with Gasteiger partial charge in [-0.25, -0.2) is 0 Å². The number of amides is 2. The Hall–Kier alpha value is -2.11. The van der Waals surface area contributed by atoms with Gasteiger partial charge in [-0.3, -0.25) is 9.59 Å². The predicted octanol–water partition coefficient (Wildman–Crippen LogP) is 1.76. The van der Waals surface area contributed by atoms with E-state index in [4.69, 9.17) is 4.42 Å². The van der Waals surface area contributed by atoms with Crippen LogP contribution in [0.3, 0.4) is 0 Å². The van der Waals surface area contributed by atoms with Crippen LogP contribution in [-0.4, -0.2) is 30.2 Å². The van der Waals surface area contributed by atoms with Crippen LogP contribution in [0.2, 0.25) is 0 Å². The highest BCUT2D eigenvalue weighted by Crippen LogP contribution is 2.08. The fraction of sp³-hybridized carbons (Fsp3) is 0.562. The average Bonchev–Trinajstić information content (AvgIpc) is 2.96. The third-order valence-corrected chi connectivity index (χ3v) is 3.25. The van der Waals surface area contributed by atoms with Crippen LogP contribution in [0.4, 0.5) is 0 Å². The second-order valence-corrected chi connectivity index (χ2v) is 6.05. The van der Waals surface area contributed by atoms with Crippen LogP contribution in [0.1, 0.15) is 44.7 Å². The minimum absolute atomic E-state index is 0.0121. The number of furan rings is 1. The molecule has 0 unspecified atom stereocenters. The van der Waals surface area contributed by atoms with Crippen LogP contribution in [-0.2, 0) is 9.59 Å². The van der Waals surface area contributed by atoms with E-state index in [0.29, 0.717) is 12.7 Å². The molecule has 2 amide bonds. The summed E-state index contributed by atoms with van der Waals surface area (Å²) in [5.74, 6) is -0.460. The Morgan fingerprint density at radius 3 is 2.36 bits per heavy atom. The topological polar surface area (TPSA) is 88.4 Å². The third-order valence-electron chi connectivity index (χ3n) is 3.25. The molecule has 0 fully saturated rings. The SMILES string of the molecule is CC(C)C[C@H](NC(=O)c1ccco1)C(=O)N[C@H](C=O)C(C)C. The number of hydrogen-bond donors (Lipinski definition) is 2. The first kappa shape index (κ1) is 17.9. The van der Waals surface area contributed by atoms with Gasteiger partial charge in [0.1, 0.15) is 12.3 Å². The van der Waals surface area contributed by atoms with Crippen LogP contribution in [0.25, 0.3) is 0 Å². The van der Waals surface area contributed by atoms with Crippen LogP contribution in [0.15, 0.2) is 22.8 Å². The summed E-state index contributed by atoms with van der Waals surface area (Å²) in [5.41, 5.74) is 0. The van der Waals surface area contributed by atoms with Gasteiger partial charge in [-0.1, -0.05) is 27.7 Å². The van der Waals surface area contributed by atoms with E-state index < -0.39 is 18.0 Å². The van der Waals surface area contributed by atoms with Crippen LogP contribution < -0.4 is 10.6 Å². The molecule has 0 aliphatic carbocycles. The Morgan fingerprint density at radius 1 is 1.23 bits per heavy atom. The summed E-state index contributed by atoms with van der Waals surface area (Å²) < 4.78 is 5.02. The lowest BCUT2D eigenvalue weighted by Gasteiger charge is -2.23. The summed E-state index contributed by atoms with van der Waals surface area (Å²) in [6.45, 7) is 7.61. The minimum Gasteiger partial charge on any atom is -0.459 e. The van der Waals surface area contributed by atoms with E-state index in [-0.39, 0.29) is 23.5 Å². The number of aldehydes is 1. The summed E-state index contributed by atoms with van der Waals surface area (Å²) in [5, 5.41) is 5.33. The monoisotopic (exact) mass is 308 g/mol. The average molecular weight is 308 g/mol. The van der Waals surface area contributed by atoms with Gasteiger partial charge in [-0.05, 0) is 30.4 Å². The smallest absolute Gasteiger partial charge is 0.287 e. The molecule has 0 radical (unpaired) electrons. The van der Waals surface area contributed by atoms with E-state index in [2.05, 4.69) is 10.6 Å². The molecule has 1 aromatic rings. The molecule has 0 aromatic carbocycles. The van der Waals surface area contributed by atoms with Gasteiger partial charge < -0.3 is 19.8 Å². The second kappa shape index (κ2) is 8.36. The molecule has 0 saturated carbocycles. The lowest BCUT2D eigenvalue weighted by Crippen LogP contribution is -2.51. The first-order valence-electron chi connectivity index (χ1n) is 7.45. The van der Waals surface area contributed by atoms with Crippen molar-refractivity contribution in [3.63, 3.8) is 0 Å². The van der Waals surface area contributed by atoms with E-state index in [1.807, 2.05) is 27.7 Å². The molecule has 6 nitrogen and oxygen atoms in total. The lowest BCUT2D eigenvalue weighted by atomic mass is 10.0. The number of rotatable bonds is 8. The highest BCUT2D eigenvalue weighted by molar-refractivity contribution is 5.95. The van der Waals surface area contributed by atoms with Crippen molar-refractivity contribution in [3.05, 3.63) is 24.2 Å². The quantitative estimate of drug-likeness (QED) is 0.716. The van der Waals surface area contributed by atoms with Crippen molar-refractivity contribution < 1.29 is 18.8 Å². The van der Waals surface area contributed by atoms with Gasteiger partial charge in [0.15, 0.2) is 5.76 Å². The molecule has 1 rings (SSSR count). The zero-order valence-electron chi connectivity index (χ0n) is 13.5. The molecule has 0 spiro atoms. The normalized spacial score (nSPS) is 13.7. The van der Waals surface area contributed by atoms with Gasteiger partial charge in [-0.2, -0.15) is 0 Å². The number of hydrogen-bond acceptors (Lipinski definition) is 4. The Balaban J connectivity index is 2.76. The number of carbonyl (C=O) groups is 3. The zero-order chi connectivity index (χ0) is 16.7. The molecular formula is C16H24N2O4. The summed E-state index contributed by atoms with van der Waals surface area (Å²) in [4.78, 5) is 35.4. The summed E-state index contributed by atoms with van der Waals surface area (Å²) in [6, 6.07) is 1.86. The lowest BCUT2D eigenvalue weighted by molar-refractivity contribution is -0.126. The predicted molar refractivity (Wildman–Crippen MR) is 82.2 cm³/mol. The molecule has 2 atom stereocenters. The maximum atomic E-state index is 12.3. The summed E-state index contributed by atoms with van der Waals surface area (Å²) in [7, 11) is 0. The maximum absolute atomic E-state index is 12.3. The van der Waals surface area contributed by atoms with Crippen molar-refractivity contribution in [2.24, 2.45) is 11.8 Å². The van der Waals surface area contributed by atoms with Gasteiger partial charge in [0.05, 0.1) is 12.3 Å². The van der Waals surface area contributed by atoms with Crippen molar-refractivity contribution in [2.45, 2.75) is 46.2 Å². The van der Waals surface area contributed by atoms with E-state index in [9.17, 15) is 14.4 Å². The van der Waals surface area contributed by atoms with E-state index in [1.165, 1.54) is 12.3 Å². The van der Waals surface area contributed by atoms with Gasteiger partial charge in [0.25, 0.3) is 5.91 Å². The molecule has 1 aromatic heterocycles. The Bertz CT molecular complexity index is 494. The summed E-state index contributed by atoms with van der Waals surface area (Å²) in [6.07, 6.45) is 2.58. The standard InChI is InChI=1S/C16H24N2O4/c1-10(2)8-12(15(20)18-13(9-19)11(3)4)17-16(21)14-6-5-7-22-14/h5-7,9-13H,8H2,1-4H3,(H,17,21)(H,18,20)/t12-,13+/m0/s1. The van der Waals surface area contributed by atoms with Gasteiger partial charge in [0, 0.05) is 0 Å². The first-order chi connectivity index (χ1) is 10.3. The van der Waals surface area contributed by atoms with E-state index >= 15 is 0 Å². The Kier molecular flexibility index (Phi) is 6.82. The Labute approximate surface area is 130 Å². The summed E-state index contributed by atoms with van der Waals surface area (Å²) >= 11 is 0. The van der Waals surface area contributed by atoms with E-state index in [0.717, 1.165) is 0 Å².